The van der Waals surface area contributed by atoms with Crippen LogP contribution in [0.3, 0.4) is 0 Å². The Bertz CT molecular complexity index is 708. The average Bonchev–Trinajstić information content (AvgIpc) is 2.90. The Morgan fingerprint density at radius 3 is 1.52 bits per heavy atom. The second-order valence-corrected chi connectivity index (χ2v) is 14.1. The van der Waals surface area contributed by atoms with Gasteiger partial charge in [0.25, 0.3) is 0 Å². The van der Waals surface area contributed by atoms with Crippen LogP contribution in [0.4, 0.5) is 0 Å². The summed E-state index contributed by atoms with van der Waals surface area (Å²) in [6.45, 7) is 4.50. The summed E-state index contributed by atoms with van der Waals surface area (Å²) in [4.78, 5) is 59.7. The second-order valence-electron chi connectivity index (χ2n) is 12.5. The van der Waals surface area contributed by atoms with Crippen molar-refractivity contribution in [1.82, 2.24) is 5.32 Å². The van der Waals surface area contributed by atoms with Crippen molar-refractivity contribution in [1.29, 1.82) is 0 Å². The van der Waals surface area contributed by atoms with E-state index in [1.807, 2.05) is 21.1 Å². The van der Waals surface area contributed by atoms with Crippen molar-refractivity contribution in [2.45, 2.75) is 155 Å². The van der Waals surface area contributed by atoms with Gasteiger partial charge >= 0.3 is 0 Å². The van der Waals surface area contributed by atoms with Crippen LogP contribution in [0.25, 0.3) is 0 Å². The third-order valence-corrected chi connectivity index (χ3v) is 8.71. The molecule has 2 atom stereocenters. The zero-order valence-electron chi connectivity index (χ0n) is 26.6. The molecule has 0 radical (unpaired) electrons. The van der Waals surface area contributed by atoms with Crippen molar-refractivity contribution < 1.29 is 28.6 Å². The van der Waals surface area contributed by atoms with E-state index in [-0.39, 0.29) is 37.4 Å². The Morgan fingerprint density at radius 1 is 0.650 bits per heavy atom. The summed E-state index contributed by atoms with van der Waals surface area (Å²) in [7, 11) is 3.40. The van der Waals surface area contributed by atoms with Crippen molar-refractivity contribution in [2.24, 2.45) is 0 Å². The molecule has 0 aromatic carbocycles. The fourth-order valence-corrected chi connectivity index (χ4v) is 5.71. The Balaban J connectivity index is 4.10. The lowest BCUT2D eigenvalue weighted by atomic mass is 10.0. The molecule has 0 rings (SSSR count). The number of ketones is 1. The van der Waals surface area contributed by atoms with Crippen molar-refractivity contribution in [3.05, 3.63) is 0 Å². The summed E-state index contributed by atoms with van der Waals surface area (Å²) in [6, 6.07) is -0.670. The number of hydrogen-bond donors (Lipinski definition) is 2. The van der Waals surface area contributed by atoms with Gasteiger partial charge in [0.15, 0.2) is 19.2 Å². The first-order valence-electron chi connectivity index (χ1n) is 16.2. The number of carbonyl (C=O) groups excluding carboxylic acids is 4. The minimum Gasteiger partial charge on any atom is -0.360 e. The monoisotopic (exact) mass is 585 g/mol. The molecule has 234 valence electrons. The third-order valence-electron chi connectivity index (χ3n) is 7.36. The fourth-order valence-electron chi connectivity index (χ4n) is 4.72. The molecular weight excluding hydrogens is 523 g/mol. The molecule has 8 heteroatoms. The maximum Gasteiger partial charge on any atom is 0.219 e. The van der Waals surface area contributed by atoms with Gasteiger partial charge in [-0.15, -0.1) is 0 Å². The van der Waals surface area contributed by atoms with Crippen LogP contribution in [-0.4, -0.2) is 65.8 Å². The van der Waals surface area contributed by atoms with Crippen LogP contribution in [0.5, 0.6) is 0 Å². The Labute approximate surface area is 247 Å². The summed E-state index contributed by atoms with van der Waals surface area (Å²) in [5.41, 5.74) is -1.02. The van der Waals surface area contributed by atoms with Gasteiger partial charge in [-0.3, -0.25) is 19.2 Å². The van der Waals surface area contributed by atoms with Crippen LogP contribution in [0.1, 0.15) is 149 Å². The highest BCUT2D eigenvalue weighted by Crippen LogP contribution is 2.36. The standard InChI is InChI=1S/C32H61N2O5P/c1-6-8-9-10-11-12-13-14-15-16-17-18-19-20-21-22-23-29(35)26-28(33-30(36)7-2)27-32(38)40(39)31(37)24-25-34(3,4)5/h28,39H,6-27H2,1-5H3/p+1. The predicted molar refractivity (Wildman–Crippen MR) is 167 cm³/mol. The minimum absolute atomic E-state index is 0.0122. The molecule has 0 aliphatic heterocycles. The number of unbranched alkanes of at least 4 members (excludes halogenated alkanes) is 15. The maximum absolute atomic E-state index is 12.6. The minimum atomic E-state index is -2.42. The van der Waals surface area contributed by atoms with Crippen LogP contribution >= 0.6 is 8.15 Å². The normalized spacial score (nSPS) is 13.2. The first kappa shape index (κ1) is 38.8. The summed E-state index contributed by atoms with van der Waals surface area (Å²) < 4.78 is 0.562. The van der Waals surface area contributed by atoms with Gasteiger partial charge < -0.3 is 14.7 Å². The first-order chi connectivity index (χ1) is 19.0. The van der Waals surface area contributed by atoms with Crippen LogP contribution in [0.2, 0.25) is 0 Å². The van der Waals surface area contributed by atoms with Crippen LogP contribution in [-0.2, 0) is 19.2 Å². The van der Waals surface area contributed by atoms with Gasteiger partial charge in [0, 0.05) is 31.7 Å². The second kappa shape index (κ2) is 24.4. The number of amides is 1. The lowest BCUT2D eigenvalue weighted by Crippen LogP contribution is -2.38. The van der Waals surface area contributed by atoms with E-state index in [0.717, 1.165) is 19.3 Å². The molecule has 0 aromatic heterocycles. The largest absolute Gasteiger partial charge is 0.360 e. The summed E-state index contributed by atoms with van der Waals surface area (Å²) in [5.74, 6) is -0.232. The van der Waals surface area contributed by atoms with Gasteiger partial charge in [0.2, 0.25) is 5.91 Å². The van der Waals surface area contributed by atoms with E-state index in [2.05, 4.69) is 12.2 Å². The maximum atomic E-state index is 12.6. The Hall–Kier alpha value is -1.17. The van der Waals surface area contributed by atoms with E-state index < -0.39 is 25.2 Å². The molecule has 0 aromatic rings. The zero-order valence-corrected chi connectivity index (χ0v) is 27.5. The molecule has 0 bridgehead atoms. The van der Waals surface area contributed by atoms with Crippen molar-refractivity contribution >= 4 is 30.9 Å². The van der Waals surface area contributed by atoms with Gasteiger partial charge in [0.05, 0.1) is 34.1 Å². The Morgan fingerprint density at radius 2 is 1.10 bits per heavy atom. The number of nitrogens with one attached hydrogen (secondary N) is 1. The number of hydrogen-bond acceptors (Lipinski definition) is 5. The predicted octanol–water partition coefficient (Wildman–Crippen LogP) is 7.42. The van der Waals surface area contributed by atoms with Gasteiger partial charge in [0.1, 0.15) is 5.78 Å². The number of quaternary nitrogens is 1. The fraction of sp³-hybridized carbons (Fsp3) is 0.875. The van der Waals surface area contributed by atoms with E-state index in [1.54, 1.807) is 6.92 Å². The quantitative estimate of drug-likeness (QED) is 0.0565. The van der Waals surface area contributed by atoms with Gasteiger partial charge in [-0.2, -0.15) is 0 Å². The molecule has 0 saturated heterocycles. The van der Waals surface area contributed by atoms with Gasteiger partial charge in [-0.05, 0) is 6.42 Å². The molecule has 0 fully saturated rings. The number of nitrogens with zero attached hydrogens (tertiary/aromatic N) is 1. The smallest absolute Gasteiger partial charge is 0.219 e. The van der Waals surface area contributed by atoms with Crippen molar-refractivity contribution in [3.8, 4) is 0 Å². The summed E-state index contributed by atoms with van der Waals surface area (Å²) in [6.07, 6.45) is 21.1. The molecule has 40 heavy (non-hydrogen) atoms. The van der Waals surface area contributed by atoms with E-state index >= 15 is 0 Å². The molecule has 0 spiro atoms. The lowest BCUT2D eigenvalue weighted by molar-refractivity contribution is -0.869. The van der Waals surface area contributed by atoms with Crippen LogP contribution < -0.4 is 5.32 Å². The van der Waals surface area contributed by atoms with E-state index in [1.165, 1.54) is 83.5 Å². The first-order valence-corrected chi connectivity index (χ1v) is 17.5. The SMILES string of the molecule is CCCCCCCCCCCCCCCCCCC(=O)CC(CC(=O)P(O)C(=O)CC[N+](C)(C)C)NC(=O)CC. The average molecular weight is 586 g/mol. The topological polar surface area (TPSA) is 101 Å². The number of carbonyl (C=O) groups is 4. The molecule has 0 aliphatic carbocycles. The number of Topliss-reactive ketones (excluding diaryl/α,β-unsaturated/α-hetero) is 1. The Kier molecular flexibility index (Phi) is 23.7. The van der Waals surface area contributed by atoms with Crippen LogP contribution in [0.15, 0.2) is 0 Å². The molecule has 0 aliphatic rings. The highest BCUT2D eigenvalue weighted by atomic mass is 31.1. The molecule has 1 amide bonds. The highest BCUT2D eigenvalue weighted by molar-refractivity contribution is 7.84. The zero-order chi connectivity index (χ0) is 30.2. The molecule has 7 nitrogen and oxygen atoms in total. The van der Waals surface area contributed by atoms with Crippen LogP contribution in [0, 0.1) is 0 Å². The van der Waals surface area contributed by atoms with E-state index in [0.29, 0.717) is 17.4 Å². The number of rotatable bonds is 28. The van der Waals surface area contributed by atoms with E-state index in [9.17, 15) is 24.1 Å². The highest BCUT2D eigenvalue weighted by Gasteiger charge is 2.29. The van der Waals surface area contributed by atoms with Crippen molar-refractivity contribution in [2.75, 3.05) is 27.7 Å². The van der Waals surface area contributed by atoms with Crippen molar-refractivity contribution in [3.63, 3.8) is 0 Å². The molecule has 0 heterocycles. The lowest BCUT2D eigenvalue weighted by Gasteiger charge is -2.24. The molecule has 2 unspecified atom stereocenters. The molecule has 0 saturated carbocycles. The third kappa shape index (κ3) is 23.5. The summed E-state index contributed by atoms with van der Waals surface area (Å²) in [5, 5.41) is 2.74. The summed E-state index contributed by atoms with van der Waals surface area (Å²) >= 11 is 0. The van der Waals surface area contributed by atoms with Gasteiger partial charge in [-0.25, -0.2) is 0 Å². The molecular formula is C32H62N2O5P+. The van der Waals surface area contributed by atoms with E-state index in [4.69, 9.17) is 0 Å². The molecule has 2 N–H and O–H groups in total. The van der Waals surface area contributed by atoms with Gasteiger partial charge in [-0.1, -0.05) is 110 Å².